The second-order valence-electron chi connectivity index (χ2n) is 3.95. The molecule has 0 aromatic rings. The molecule has 0 saturated heterocycles. The maximum atomic E-state index is 11.6. The van der Waals surface area contributed by atoms with Crippen LogP contribution in [-0.2, 0) is 9.53 Å². The normalized spacial score (nSPS) is 13.2. The van der Waals surface area contributed by atoms with Crippen molar-refractivity contribution >= 4 is 5.91 Å². The Balaban J connectivity index is 4.58. The molecule has 4 N–H and O–H groups in total. The van der Waals surface area contributed by atoms with Gasteiger partial charge >= 0.3 is 0 Å². The van der Waals surface area contributed by atoms with E-state index >= 15 is 0 Å². The van der Waals surface area contributed by atoms with Gasteiger partial charge in [0.15, 0.2) is 0 Å². The molecule has 0 aliphatic heterocycles. The summed E-state index contributed by atoms with van der Waals surface area (Å²) < 4.78 is 4.98. The summed E-state index contributed by atoms with van der Waals surface area (Å²) in [5.74, 6) is 5.03. The van der Waals surface area contributed by atoms with Gasteiger partial charge in [0.2, 0.25) is 0 Å². The van der Waals surface area contributed by atoms with Crippen LogP contribution in [0.15, 0.2) is 0 Å². The number of aliphatic hydroxyl groups excluding tert-OH is 1. The highest BCUT2D eigenvalue weighted by molar-refractivity contribution is 5.81. The molecule has 0 bridgehead atoms. The summed E-state index contributed by atoms with van der Waals surface area (Å²) in [5.41, 5.74) is 2.16. The number of nitrogens with one attached hydrogen (secondary N) is 1. The Morgan fingerprint density at radius 2 is 2.12 bits per heavy atom. The first kappa shape index (κ1) is 15.3. The van der Waals surface area contributed by atoms with Crippen molar-refractivity contribution in [2.24, 2.45) is 11.8 Å². The maximum absolute atomic E-state index is 11.6. The number of hydrogen-bond acceptors (Lipinski definition) is 5. The van der Waals surface area contributed by atoms with Crippen molar-refractivity contribution in [2.75, 3.05) is 33.4 Å². The summed E-state index contributed by atoms with van der Waals surface area (Å²) in [5, 5.41) is 8.98. The van der Waals surface area contributed by atoms with E-state index in [0.717, 1.165) is 0 Å². The van der Waals surface area contributed by atoms with Crippen molar-refractivity contribution < 1.29 is 14.6 Å². The first-order valence-electron chi connectivity index (χ1n) is 5.42. The number of nitrogens with zero attached hydrogens (tertiary/aromatic N) is 1. The van der Waals surface area contributed by atoms with E-state index in [9.17, 15) is 4.79 Å². The fourth-order valence-electron chi connectivity index (χ4n) is 1.70. The number of hydrogen-bond donors (Lipinski definition) is 3. The first-order valence-corrected chi connectivity index (χ1v) is 5.42. The lowest BCUT2D eigenvalue weighted by Crippen LogP contribution is -2.53. The van der Waals surface area contributed by atoms with Crippen LogP contribution < -0.4 is 11.3 Å². The molecular weight excluding hydrogens is 210 g/mol. The minimum absolute atomic E-state index is 0.00475. The molecule has 16 heavy (non-hydrogen) atoms. The van der Waals surface area contributed by atoms with Gasteiger partial charge in [-0.1, -0.05) is 13.8 Å². The largest absolute Gasteiger partial charge is 0.395 e. The minimum Gasteiger partial charge on any atom is -0.395 e. The Labute approximate surface area is 96.7 Å². The third-order valence-electron chi connectivity index (χ3n) is 2.41. The summed E-state index contributed by atoms with van der Waals surface area (Å²) in [6.45, 7) is 5.42. The molecule has 1 atom stereocenters. The molecule has 6 heteroatoms. The molecule has 0 aromatic heterocycles. The second-order valence-corrected chi connectivity index (χ2v) is 3.95. The molecule has 0 aromatic carbocycles. The molecule has 1 unspecified atom stereocenters. The summed E-state index contributed by atoms with van der Waals surface area (Å²) in [6, 6.07) is -0.340. The van der Waals surface area contributed by atoms with Gasteiger partial charge in [0.05, 0.1) is 19.3 Å². The Morgan fingerprint density at radius 1 is 1.50 bits per heavy atom. The lowest BCUT2D eigenvalue weighted by molar-refractivity contribution is -0.128. The zero-order chi connectivity index (χ0) is 12.6. The molecule has 0 rings (SSSR count). The van der Waals surface area contributed by atoms with Crippen LogP contribution >= 0.6 is 0 Å². The molecule has 0 radical (unpaired) electrons. The number of ether oxygens (including phenoxy) is 1. The Kier molecular flexibility index (Phi) is 8.10. The Hall–Kier alpha value is -0.690. The molecule has 0 aliphatic carbocycles. The third-order valence-corrected chi connectivity index (χ3v) is 2.41. The molecule has 0 saturated carbocycles. The van der Waals surface area contributed by atoms with E-state index in [0.29, 0.717) is 19.7 Å². The highest BCUT2D eigenvalue weighted by Gasteiger charge is 2.27. The fraction of sp³-hybridized carbons (Fsp3) is 0.900. The number of carbonyl (C=O) groups excluding carboxylic acids is 1. The van der Waals surface area contributed by atoms with Crippen LogP contribution in [0.25, 0.3) is 0 Å². The summed E-state index contributed by atoms with van der Waals surface area (Å²) in [7, 11) is 1.60. The standard InChI is InChI=1S/C10H23N3O3/c1-8(2)9(10(15)12-11)13(4-6-14)5-7-16-3/h8-9,14H,4-7,11H2,1-3H3,(H,12,15). The van der Waals surface area contributed by atoms with Gasteiger partial charge in [-0.25, -0.2) is 5.84 Å². The van der Waals surface area contributed by atoms with Gasteiger partial charge < -0.3 is 9.84 Å². The predicted molar refractivity (Wildman–Crippen MR) is 61.5 cm³/mol. The lowest BCUT2D eigenvalue weighted by atomic mass is 10.0. The van der Waals surface area contributed by atoms with Crippen LogP contribution in [0.4, 0.5) is 0 Å². The van der Waals surface area contributed by atoms with Crippen molar-refractivity contribution in [3.8, 4) is 0 Å². The summed E-state index contributed by atoms with van der Waals surface area (Å²) >= 11 is 0. The number of aliphatic hydroxyl groups is 1. The molecule has 0 aliphatic rings. The zero-order valence-electron chi connectivity index (χ0n) is 10.3. The van der Waals surface area contributed by atoms with E-state index < -0.39 is 0 Å². The van der Waals surface area contributed by atoms with Gasteiger partial charge in [0, 0.05) is 20.2 Å². The third kappa shape index (κ3) is 4.89. The molecular formula is C10H23N3O3. The molecule has 1 amide bonds. The molecule has 96 valence electrons. The fourth-order valence-corrected chi connectivity index (χ4v) is 1.70. The molecule has 0 heterocycles. The smallest absolute Gasteiger partial charge is 0.251 e. The van der Waals surface area contributed by atoms with E-state index in [1.54, 1.807) is 7.11 Å². The van der Waals surface area contributed by atoms with Crippen LogP contribution in [0.5, 0.6) is 0 Å². The number of methoxy groups -OCH3 is 1. The van der Waals surface area contributed by atoms with E-state index in [2.05, 4.69) is 5.43 Å². The van der Waals surface area contributed by atoms with Gasteiger partial charge in [0.1, 0.15) is 0 Å². The monoisotopic (exact) mass is 233 g/mol. The molecule has 0 spiro atoms. The number of carbonyl (C=O) groups is 1. The van der Waals surface area contributed by atoms with Crippen LogP contribution in [0.2, 0.25) is 0 Å². The highest BCUT2D eigenvalue weighted by atomic mass is 16.5. The van der Waals surface area contributed by atoms with Crippen molar-refractivity contribution in [3.63, 3.8) is 0 Å². The quantitative estimate of drug-likeness (QED) is 0.283. The van der Waals surface area contributed by atoms with Gasteiger partial charge in [0.25, 0.3) is 5.91 Å². The van der Waals surface area contributed by atoms with E-state index in [1.165, 1.54) is 0 Å². The van der Waals surface area contributed by atoms with Gasteiger partial charge in [-0.15, -0.1) is 0 Å². The number of nitrogens with two attached hydrogens (primary N) is 1. The van der Waals surface area contributed by atoms with Crippen LogP contribution in [-0.4, -0.2) is 55.4 Å². The van der Waals surface area contributed by atoms with Crippen molar-refractivity contribution in [1.29, 1.82) is 0 Å². The highest BCUT2D eigenvalue weighted by Crippen LogP contribution is 2.10. The Bertz CT molecular complexity index is 200. The van der Waals surface area contributed by atoms with E-state index in [-0.39, 0.29) is 24.5 Å². The SMILES string of the molecule is COCCN(CCO)C(C(=O)NN)C(C)C. The lowest BCUT2D eigenvalue weighted by Gasteiger charge is -2.32. The topological polar surface area (TPSA) is 87.8 Å². The number of amides is 1. The minimum atomic E-state index is -0.340. The zero-order valence-corrected chi connectivity index (χ0v) is 10.3. The summed E-state index contributed by atoms with van der Waals surface area (Å²) in [4.78, 5) is 13.5. The number of hydrazine groups is 1. The molecule has 0 fully saturated rings. The van der Waals surface area contributed by atoms with E-state index in [1.807, 2.05) is 18.7 Å². The van der Waals surface area contributed by atoms with Gasteiger partial charge in [-0.3, -0.25) is 15.1 Å². The van der Waals surface area contributed by atoms with Gasteiger partial charge in [-0.2, -0.15) is 0 Å². The van der Waals surface area contributed by atoms with Crippen molar-refractivity contribution in [1.82, 2.24) is 10.3 Å². The maximum Gasteiger partial charge on any atom is 0.251 e. The van der Waals surface area contributed by atoms with Crippen LogP contribution in [0.1, 0.15) is 13.8 Å². The van der Waals surface area contributed by atoms with Gasteiger partial charge in [-0.05, 0) is 5.92 Å². The number of rotatable bonds is 8. The van der Waals surface area contributed by atoms with Crippen LogP contribution in [0, 0.1) is 5.92 Å². The van der Waals surface area contributed by atoms with Crippen molar-refractivity contribution in [3.05, 3.63) is 0 Å². The Morgan fingerprint density at radius 3 is 2.50 bits per heavy atom. The van der Waals surface area contributed by atoms with E-state index in [4.69, 9.17) is 15.7 Å². The predicted octanol–water partition coefficient (Wildman–Crippen LogP) is -1.06. The summed E-state index contributed by atoms with van der Waals surface area (Å²) in [6.07, 6.45) is 0. The van der Waals surface area contributed by atoms with Crippen LogP contribution in [0.3, 0.4) is 0 Å². The molecule has 6 nitrogen and oxygen atoms in total. The average molecular weight is 233 g/mol. The van der Waals surface area contributed by atoms with Crippen molar-refractivity contribution in [2.45, 2.75) is 19.9 Å². The first-order chi connectivity index (χ1) is 7.58. The second kappa shape index (κ2) is 8.46. The average Bonchev–Trinajstić information content (AvgIpc) is 2.25.